The molecule has 1 N–H and O–H groups in total. The summed E-state index contributed by atoms with van der Waals surface area (Å²) in [6.07, 6.45) is 0. The van der Waals surface area contributed by atoms with Crippen LogP contribution in [0.1, 0.15) is 21.5 Å². The van der Waals surface area contributed by atoms with Crippen molar-refractivity contribution >= 4 is 23.4 Å². The summed E-state index contributed by atoms with van der Waals surface area (Å²) < 4.78 is 4.70. The average Bonchev–Trinajstić information content (AvgIpc) is 3.04. The lowest BCUT2D eigenvalue weighted by Gasteiger charge is -2.16. The smallest absolute Gasteiger partial charge is 0.337 e. The van der Waals surface area contributed by atoms with Gasteiger partial charge in [-0.2, -0.15) is 0 Å². The minimum absolute atomic E-state index is 0.0399. The number of nitrogens with zero attached hydrogens (tertiary/aromatic N) is 2. The van der Waals surface area contributed by atoms with Crippen LogP contribution in [0.15, 0.2) is 42.5 Å². The first-order valence-electron chi connectivity index (χ1n) is 7.48. The first kappa shape index (κ1) is 16.4. The van der Waals surface area contributed by atoms with Gasteiger partial charge in [0.1, 0.15) is 0 Å². The van der Waals surface area contributed by atoms with Gasteiger partial charge in [-0.3, -0.25) is 10.1 Å². The SMILES string of the molecule is COC(=O)c1ccc2c(c1)CN(C(=O)Nc1ccc([N+](=O)[O-])cc1)C2. The molecule has 2 aromatic carbocycles. The molecule has 3 rings (SSSR count). The van der Waals surface area contributed by atoms with E-state index >= 15 is 0 Å². The molecule has 0 saturated heterocycles. The first-order chi connectivity index (χ1) is 12.0. The van der Waals surface area contributed by atoms with Crippen molar-refractivity contribution in [2.45, 2.75) is 13.1 Å². The largest absolute Gasteiger partial charge is 0.465 e. The Balaban J connectivity index is 1.67. The van der Waals surface area contributed by atoms with Crippen LogP contribution in [0.4, 0.5) is 16.2 Å². The topological polar surface area (TPSA) is 102 Å². The predicted octanol–water partition coefficient (Wildman–Crippen LogP) is 2.93. The molecule has 0 aromatic heterocycles. The van der Waals surface area contributed by atoms with Crippen molar-refractivity contribution in [2.24, 2.45) is 0 Å². The van der Waals surface area contributed by atoms with Gasteiger partial charge in [-0.25, -0.2) is 9.59 Å². The van der Waals surface area contributed by atoms with Gasteiger partial charge in [-0.05, 0) is 35.4 Å². The summed E-state index contributed by atoms with van der Waals surface area (Å²) in [5, 5.41) is 13.3. The van der Waals surface area contributed by atoms with Crippen molar-refractivity contribution in [3.05, 3.63) is 69.3 Å². The Morgan fingerprint density at radius 1 is 1.12 bits per heavy atom. The van der Waals surface area contributed by atoms with Crippen molar-refractivity contribution in [3.63, 3.8) is 0 Å². The number of nitro benzene ring substituents is 1. The summed E-state index contributed by atoms with van der Waals surface area (Å²) in [7, 11) is 1.32. The average molecular weight is 341 g/mol. The number of ether oxygens (including phenoxy) is 1. The van der Waals surface area contributed by atoms with Gasteiger partial charge in [0.2, 0.25) is 0 Å². The summed E-state index contributed by atoms with van der Waals surface area (Å²) in [5.74, 6) is -0.420. The number of esters is 1. The third-order valence-corrected chi connectivity index (χ3v) is 3.97. The molecule has 0 bridgehead atoms. The lowest BCUT2D eigenvalue weighted by atomic mass is 10.1. The van der Waals surface area contributed by atoms with Crippen molar-refractivity contribution in [2.75, 3.05) is 12.4 Å². The molecule has 0 radical (unpaired) electrons. The minimum atomic E-state index is -0.498. The quantitative estimate of drug-likeness (QED) is 0.525. The van der Waals surface area contributed by atoms with E-state index in [1.54, 1.807) is 23.1 Å². The number of anilines is 1. The maximum absolute atomic E-state index is 12.4. The van der Waals surface area contributed by atoms with Gasteiger partial charge in [0.15, 0.2) is 0 Å². The van der Waals surface area contributed by atoms with E-state index in [-0.39, 0.29) is 11.7 Å². The van der Waals surface area contributed by atoms with Crippen LogP contribution in [0.2, 0.25) is 0 Å². The number of hydrogen-bond acceptors (Lipinski definition) is 5. The third kappa shape index (κ3) is 3.42. The maximum atomic E-state index is 12.4. The fraction of sp³-hybridized carbons (Fsp3) is 0.176. The van der Waals surface area contributed by atoms with E-state index in [0.29, 0.717) is 24.3 Å². The Kier molecular flexibility index (Phi) is 4.34. The third-order valence-electron chi connectivity index (χ3n) is 3.97. The zero-order valence-corrected chi connectivity index (χ0v) is 13.4. The molecule has 0 saturated carbocycles. The number of nitrogens with one attached hydrogen (secondary N) is 1. The molecular formula is C17H15N3O5. The summed E-state index contributed by atoms with van der Waals surface area (Å²) in [6.45, 7) is 0.800. The minimum Gasteiger partial charge on any atom is -0.465 e. The summed E-state index contributed by atoms with van der Waals surface area (Å²) in [5.41, 5.74) is 2.73. The number of amides is 2. The summed E-state index contributed by atoms with van der Waals surface area (Å²) in [6, 6.07) is 10.5. The van der Waals surface area contributed by atoms with Gasteiger partial charge in [0.05, 0.1) is 17.6 Å². The molecule has 8 nitrogen and oxygen atoms in total. The molecule has 1 heterocycles. The monoisotopic (exact) mass is 341 g/mol. The number of hydrogen-bond donors (Lipinski definition) is 1. The number of fused-ring (bicyclic) bond motifs is 1. The van der Waals surface area contributed by atoms with E-state index < -0.39 is 10.9 Å². The van der Waals surface area contributed by atoms with Crippen LogP contribution in [0.25, 0.3) is 0 Å². The Labute approximate surface area is 143 Å². The van der Waals surface area contributed by atoms with Gasteiger partial charge in [0, 0.05) is 30.9 Å². The van der Waals surface area contributed by atoms with Gasteiger partial charge in [-0.15, -0.1) is 0 Å². The number of methoxy groups -OCH3 is 1. The van der Waals surface area contributed by atoms with E-state index in [1.165, 1.54) is 31.4 Å². The number of benzene rings is 2. The van der Waals surface area contributed by atoms with Crippen molar-refractivity contribution in [1.82, 2.24) is 4.90 Å². The molecule has 1 aliphatic heterocycles. The van der Waals surface area contributed by atoms with E-state index in [1.807, 2.05) is 0 Å². The molecule has 1 aliphatic rings. The lowest BCUT2D eigenvalue weighted by Crippen LogP contribution is -2.30. The summed E-state index contributed by atoms with van der Waals surface area (Å²) in [4.78, 5) is 35.7. The molecule has 2 amide bonds. The zero-order chi connectivity index (χ0) is 18.0. The van der Waals surface area contributed by atoms with E-state index in [4.69, 9.17) is 4.74 Å². The second kappa shape index (κ2) is 6.60. The molecule has 25 heavy (non-hydrogen) atoms. The Morgan fingerprint density at radius 2 is 1.80 bits per heavy atom. The van der Waals surface area contributed by atoms with E-state index in [0.717, 1.165) is 11.1 Å². The van der Waals surface area contributed by atoms with Crippen molar-refractivity contribution < 1.29 is 19.2 Å². The van der Waals surface area contributed by atoms with Gasteiger partial charge >= 0.3 is 12.0 Å². The highest BCUT2D eigenvalue weighted by atomic mass is 16.6. The summed E-state index contributed by atoms with van der Waals surface area (Å²) >= 11 is 0. The van der Waals surface area contributed by atoms with E-state index in [2.05, 4.69) is 5.32 Å². The maximum Gasteiger partial charge on any atom is 0.337 e. The number of non-ortho nitro benzene ring substituents is 1. The van der Waals surface area contributed by atoms with Gasteiger partial charge in [0.25, 0.3) is 5.69 Å². The van der Waals surface area contributed by atoms with Crippen LogP contribution in [-0.2, 0) is 17.8 Å². The van der Waals surface area contributed by atoms with Crippen LogP contribution in [0.5, 0.6) is 0 Å². The van der Waals surface area contributed by atoms with Crippen LogP contribution in [0.3, 0.4) is 0 Å². The lowest BCUT2D eigenvalue weighted by molar-refractivity contribution is -0.384. The highest BCUT2D eigenvalue weighted by Crippen LogP contribution is 2.25. The van der Waals surface area contributed by atoms with E-state index in [9.17, 15) is 19.7 Å². The van der Waals surface area contributed by atoms with Crippen LogP contribution < -0.4 is 5.32 Å². The molecule has 2 aromatic rings. The standard InChI is InChI=1S/C17H15N3O5/c1-25-16(21)11-2-3-12-9-19(10-13(12)8-11)17(22)18-14-4-6-15(7-5-14)20(23)24/h2-8H,9-10H2,1H3,(H,18,22). The Bertz CT molecular complexity index is 848. The molecule has 0 unspecified atom stereocenters. The fourth-order valence-corrected chi connectivity index (χ4v) is 2.65. The normalized spacial score (nSPS) is 12.4. The van der Waals surface area contributed by atoms with Crippen molar-refractivity contribution in [3.8, 4) is 0 Å². The van der Waals surface area contributed by atoms with Crippen LogP contribution >= 0.6 is 0 Å². The van der Waals surface area contributed by atoms with Crippen molar-refractivity contribution in [1.29, 1.82) is 0 Å². The highest BCUT2D eigenvalue weighted by Gasteiger charge is 2.24. The number of rotatable bonds is 3. The fourth-order valence-electron chi connectivity index (χ4n) is 2.65. The molecule has 0 atom stereocenters. The highest BCUT2D eigenvalue weighted by molar-refractivity contribution is 5.91. The number of carbonyl (C=O) groups is 2. The molecular weight excluding hydrogens is 326 g/mol. The number of urea groups is 1. The molecule has 0 fully saturated rings. The van der Waals surface area contributed by atoms with Crippen LogP contribution in [0, 0.1) is 10.1 Å². The Hall–Kier alpha value is -3.42. The second-order valence-corrected chi connectivity index (χ2v) is 5.57. The number of nitro groups is 1. The Morgan fingerprint density at radius 3 is 2.44 bits per heavy atom. The molecule has 0 spiro atoms. The first-order valence-corrected chi connectivity index (χ1v) is 7.48. The molecule has 0 aliphatic carbocycles. The second-order valence-electron chi connectivity index (χ2n) is 5.57. The van der Waals surface area contributed by atoms with Gasteiger partial charge < -0.3 is 15.0 Å². The molecule has 8 heteroatoms. The van der Waals surface area contributed by atoms with Gasteiger partial charge in [-0.1, -0.05) is 6.07 Å². The number of carbonyl (C=O) groups excluding carboxylic acids is 2. The molecule has 128 valence electrons. The van der Waals surface area contributed by atoms with Crippen LogP contribution in [-0.4, -0.2) is 28.9 Å². The zero-order valence-electron chi connectivity index (χ0n) is 13.4. The predicted molar refractivity (Wildman–Crippen MR) is 89.1 cm³/mol.